The number of methoxy groups -OCH3 is 2. The number of hydrogen-bond acceptors (Lipinski definition) is 4. The molecule has 2 rings (SSSR count). The van der Waals surface area contributed by atoms with E-state index in [0.29, 0.717) is 25.3 Å². The minimum atomic E-state index is -0.371. The van der Waals surface area contributed by atoms with Crippen LogP contribution in [0.4, 0.5) is 0 Å². The van der Waals surface area contributed by atoms with Crippen LogP contribution in [0.2, 0.25) is 0 Å². The Labute approximate surface area is 125 Å². The molecular weight excluding hydrogens is 270 g/mol. The van der Waals surface area contributed by atoms with Crippen LogP contribution >= 0.6 is 0 Å². The lowest BCUT2D eigenvalue weighted by atomic mass is 10.0. The number of benzene rings is 1. The van der Waals surface area contributed by atoms with Crippen LogP contribution in [0.3, 0.4) is 0 Å². The van der Waals surface area contributed by atoms with Crippen molar-refractivity contribution < 1.29 is 19.0 Å². The SMILES string of the molecule is COC[C@H]1CN(C(=O)c2ccc(OC)cc2)CC(C)(C)O1. The lowest BCUT2D eigenvalue weighted by Crippen LogP contribution is -2.55. The van der Waals surface area contributed by atoms with Crippen LogP contribution in [0.1, 0.15) is 24.2 Å². The maximum Gasteiger partial charge on any atom is 0.254 e. The number of amides is 1. The molecule has 5 nitrogen and oxygen atoms in total. The van der Waals surface area contributed by atoms with Crippen LogP contribution in [0.25, 0.3) is 0 Å². The molecule has 0 saturated carbocycles. The van der Waals surface area contributed by atoms with E-state index in [1.54, 1.807) is 38.5 Å². The molecule has 1 heterocycles. The second-order valence-electron chi connectivity index (χ2n) is 5.87. The van der Waals surface area contributed by atoms with Crippen LogP contribution in [0.5, 0.6) is 5.75 Å². The lowest BCUT2D eigenvalue weighted by molar-refractivity contribution is -0.143. The summed E-state index contributed by atoms with van der Waals surface area (Å²) in [6.07, 6.45) is -0.0963. The summed E-state index contributed by atoms with van der Waals surface area (Å²) in [6.45, 7) is 5.57. The third-order valence-corrected chi connectivity index (χ3v) is 3.46. The van der Waals surface area contributed by atoms with E-state index >= 15 is 0 Å². The maximum absolute atomic E-state index is 12.6. The van der Waals surface area contributed by atoms with E-state index in [9.17, 15) is 4.79 Å². The predicted octanol–water partition coefficient (Wildman–Crippen LogP) is 1.96. The van der Waals surface area contributed by atoms with Crippen molar-refractivity contribution in [1.82, 2.24) is 4.90 Å². The van der Waals surface area contributed by atoms with Gasteiger partial charge in [0.2, 0.25) is 0 Å². The van der Waals surface area contributed by atoms with Gasteiger partial charge in [0.25, 0.3) is 5.91 Å². The van der Waals surface area contributed by atoms with Gasteiger partial charge < -0.3 is 19.1 Å². The van der Waals surface area contributed by atoms with Gasteiger partial charge in [-0.15, -0.1) is 0 Å². The number of nitrogens with zero attached hydrogens (tertiary/aromatic N) is 1. The smallest absolute Gasteiger partial charge is 0.254 e. The van der Waals surface area contributed by atoms with Crippen molar-refractivity contribution >= 4 is 5.91 Å². The van der Waals surface area contributed by atoms with Crippen LogP contribution in [-0.4, -0.2) is 56.4 Å². The summed E-state index contributed by atoms with van der Waals surface area (Å²) in [5.74, 6) is 0.751. The average molecular weight is 293 g/mol. The molecule has 1 aliphatic heterocycles. The van der Waals surface area contributed by atoms with E-state index in [2.05, 4.69) is 0 Å². The first-order chi connectivity index (χ1) is 9.95. The number of carbonyl (C=O) groups is 1. The zero-order valence-corrected chi connectivity index (χ0v) is 13.1. The van der Waals surface area contributed by atoms with Crippen molar-refractivity contribution in [2.24, 2.45) is 0 Å². The van der Waals surface area contributed by atoms with Crippen LogP contribution in [-0.2, 0) is 9.47 Å². The first-order valence-corrected chi connectivity index (χ1v) is 7.05. The average Bonchev–Trinajstić information content (AvgIpc) is 2.45. The fourth-order valence-corrected chi connectivity index (χ4v) is 2.64. The molecule has 1 fully saturated rings. The number of ether oxygens (including phenoxy) is 3. The molecule has 116 valence electrons. The molecule has 1 aliphatic rings. The van der Waals surface area contributed by atoms with Crippen LogP contribution < -0.4 is 4.74 Å². The minimum absolute atomic E-state index is 0.00938. The monoisotopic (exact) mass is 293 g/mol. The number of carbonyl (C=O) groups excluding carboxylic acids is 1. The van der Waals surface area contributed by atoms with Crippen LogP contribution in [0.15, 0.2) is 24.3 Å². The van der Waals surface area contributed by atoms with Crippen molar-refractivity contribution in [3.05, 3.63) is 29.8 Å². The van der Waals surface area contributed by atoms with Crippen molar-refractivity contribution in [3.8, 4) is 5.75 Å². The molecule has 0 aromatic heterocycles. The molecule has 5 heteroatoms. The molecule has 0 N–H and O–H groups in total. The van der Waals surface area contributed by atoms with Gasteiger partial charge in [0.1, 0.15) is 5.75 Å². The van der Waals surface area contributed by atoms with Gasteiger partial charge in [-0.2, -0.15) is 0 Å². The Kier molecular flexibility index (Phi) is 4.85. The Bertz CT molecular complexity index is 484. The van der Waals surface area contributed by atoms with E-state index in [-0.39, 0.29) is 17.6 Å². The Morgan fingerprint density at radius 3 is 2.57 bits per heavy atom. The van der Waals surface area contributed by atoms with E-state index in [4.69, 9.17) is 14.2 Å². The van der Waals surface area contributed by atoms with Gasteiger partial charge in [0.05, 0.1) is 25.4 Å². The highest BCUT2D eigenvalue weighted by atomic mass is 16.5. The Morgan fingerprint density at radius 2 is 2.00 bits per heavy atom. The normalized spacial score (nSPS) is 21.1. The van der Waals surface area contributed by atoms with Gasteiger partial charge in [-0.1, -0.05) is 0 Å². The summed E-state index contributed by atoms with van der Waals surface area (Å²) in [5, 5.41) is 0. The topological polar surface area (TPSA) is 48.0 Å². The Hall–Kier alpha value is -1.59. The highest BCUT2D eigenvalue weighted by molar-refractivity contribution is 5.94. The molecule has 1 saturated heterocycles. The van der Waals surface area contributed by atoms with Gasteiger partial charge in [-0.05, 0) is 38.1 Å². The van der Waals surface area contributed by atoms with Gasteiger partial charge >= 0.3 is 0 Å². The van der Waals surface area contributed by atoms with Crippen molar-refractivity contribution in [2.75, 3.05) is 33.9 Å². The molecule has 0 unspecified atom stereocenters. The summed E-state index contributed by atoms with van der Waals surface area (Å²) in [5.41, 5.74) is 0.286. The number of rotatable bonds is 4. The van der Waals surface area contributed by atoms with E-state index in [0.717, 1.165) is 5.75 Å². The third-order valence-electron chi connectivity index (χ3n) is 3.46. The second-order valence-corrected chi connectivity index (χ2v) is 5.87. The van der Waals surface area contributed by atoms with Gasteiger partial charge in [-0.3, -0.25) is 4.79 Å². The second kappa shape index (κ2) is 6.45. The van der Waals surface area contributed by atoms with E-state index in [1.165, 1.54) is 0 Å². The summed E-state index contributed by atoms with van der Waals surface area (Å²) in [6, 6.07) is 7.17. The molecule has 0 aliphatic carbocycles. The zero-order valence-electron chi connectivity index (χ0n) is 13.1. The molecule has 0 radical (unpaired) electrons. The fraction of sp³-hybridized carbons (Fsp3) is 0.562. The maximum atomic E-state index is 12.6. The first kappa shape index (κ1) is 15.8. The van der Waals surface area contributed by atoms with Crippen molar-refractivity contribution in [3.63, 3.8) is 0 Å². The molecule has 0 bridgehead atoms. The lowest BCUT2D eigenvalue weighted by Gasteiger charge is -2.42. The summed E-state index contributed by atoms with van der Waals surface area (Å²) in [4.78, 5) is 14.5. The van der Waals surface area contributed by atoms with Crippen LogP contribution in [0, 0.1) is 0 Å². The molecule has 1 aromatic rings. The molecule has 1 aromatic carbocycles. The molecule has 21 heavy (non-hydrogen) atoms. The van der Waals surface area contributed by atoms with Crippen molar-refractivity contribution in [1.29, 1.82) is 0 Å². The van der Waals surface area contributed by atoms with Crippen molar-refractivity contribution in [2.45, 2.75) is 25.6 Å². The Balaban J connectivity index is 2.12. The molecule has 0 spiro atoms. The molecule has 1 atom stereocenters. The van der Waals surface area contributed by atoms with Gasteiger partial charge in [0, 0.05) is 25.8 Å². The van der Waals surface area contributed by atoms with Gasteiger partial charge in [-0.25, -0.2) is 0 Å². The quantitative estimate of drug-likeness (QED) is 0.851. The van der Waals surface area contributed by atoms with E-state index < -0.39 is 0 Å². The minimum Gasteiger partial charge on any atom is -0.497 e. The van der Waals surface area contributed by atoms with E-state index in [1.807, 2.05) is 18.7 Å². The summed E-state index contributed by atoms with van der Waals surface area (Å²) >= 11 is 0. The summed E-state index contributed by atoms with van der Waals surface area (Å²) in [7, 11) is 3.25. The fourth-order valence-electron chi connectivity index (χ4n) is 2.64. The summed E-state index contributed by atoms with van der Waals surface area (Å²) < 4.78 is 16.2. The van der Waals surface area contributed by atoms with Gasteiger partial charge in [0.15, 0.2) is 0 Å². The third kappa shape index (κ3) is 3.95. The highest BCUT2D eigenvalue weighted by Crippen LogP contribution is 2.23. The standard InChI is InChI=1S/C16H23NO4/c1-16(2)11-17(9-14(21-16)10-19-3)15(18)12-5-7-13(20-4)8-6-12/h5-8,14H,9-11H2,1-4H3/t14-/m1/s1. The largest absolute Gasteiger partial charge is 0.497 e. The highest BCUT2D eigenvalue weighted by Gasteiger charge is 2.35. The first-order valence-electron chi connectivity index (χ1n) is 7.05. The Morgan fingerprint density at radius 1 is 1.33 bits per heavy atom. The predicted molar refractivity (Wildman–Crippen MR) is 79.7 cm³/mol. The number of hydrogen-bond donors (Lipinski definition) is 0. The molecule has 1 amide bonds. The zero-order chi connectivity index (χ0) is 15.5. The number of morpholine rings is 1. The molecular formula is C16H23NO4.